The van der Waals surface area contributed by atoms with Crippen molar-refractivity contribution in [2.75, 3.05) is 0 Å². The van der Waals surface area contributed by atoms with Gasteiger partial charge in [-0.2, -0.15) is 0 Å². The Bertz CT molecular complexity index is 759. The number of para-hydroxylation sites is 1. The lowest BCUT2D eigenvalue weighted by Crippen LogP contribution is -2.55. The van der Waals surface area contributed by atoms with E-state index in [1.54, 1.807) is 6.07 Å². The molecule has 0 bridgehead atoms. The van der Waals surface area contributed by atoms with Gasteiger partial charge in [0.05, 0.1) is 17.0 Å². The molecule has 0 radical (unpaired) electrons. The molecule has 1 aromatic heterocycles. The third-order valence-corrected chi connectivity index (χ3v) is 4.74. The van der Waals surface area contributed by atoms with E-state index in [-0.39, 0.29) is 5.91 Å². The molecule has 120 valence electrons. The standard InChI is InChI=1S/C18H20N2O3/c1-18(11-5-4-7-13(18)17(22)23)20-16(21)15-10-9-12-6-2-3-8-14(12)19-15/h2-3,6,8-10,13H,4-5,7,11H2,1H3,(H,20,21)(H,22,23). The average molecular weight is 312 g/mol. The number of rotatable bonds is 3. The molecule has 0 aliphatic heterocycles. The largest absolute Gasteiger partial charge is 0.481 e. The number of carboxylic acids is 1. The number of carboxylic acid groups (broad SMARTS) is 1. The van der Waals surface area contributed by atoms with E-state index < -0.39 is 17.4 Å². The number of amides is 1. The van der Waals surface area contributed by atoms with Crippen LogP contribution in [0.3, 0.4) is 0 Å². The number of aromatic nitrogens is 1. The molecule has 1 saturated carbocycles. The highest BCUT2D eigenvalue weighted by atomic mass is 16.4. The lowest BCUT2D eigenvalue weighted by Gasteiger charge is -2.39. The number of carbonyl (C=O) groups excluding carboxylic acids is 1. The Kier molecular flexibility index (Phi) is 4.03. The first-order chi connectivity index (χ1) is 11.0. The molecule has 23 heavy (non-hydrogen) atoms. The molecule has 2 unspecified atom stereocenters. The van der Waals surface area contributed by atoms with Gasteiger partial charge in [-0.3, -0.25) is 9.59 Å². The summed E-state index contributed by atoms with van der Waals surface area (Å²) in [7, 11) is 0. The molecule has 0 saturated heterocycles. The number of pyridine rings is 1. The zero-order valence-electron chi connectivity index (χ0n) is 13.1. The van der Waals surface area contributed by atoms with Crippen molar-refractivity contribution in [3.05, 3.63) is 42.1 Å². The summed E-state index contributed by atoms with van der Waals surface area (Å²) in [6.07, 6.45) is 3.07. The predicted octanol–water partition coefficient (Wildman–Crippen LogP) is 3.00. The Morgan fingerprint density at radius 3 is 2.78 bits per heavy atom. The molecule has 2 N–H and O–H groups in total. The van der Waals surface area contributed by atoms with Crippen LogP contribution in [-0.4, -0.2) is 27.5 Å². The van der Waals surface area contributed by atoms with Crippen LogP contribution in [0.15, 0.2) is 36.4 Å². The molecule has 1 aliphatic carbocycles. The first-order valence-electron chi connectivity index (χ1n) is 7.91. The van der Waals surface area contributed by atoms with Crippen molar-refractivity contribution in [2.45, 2.75) is 38.1 Å². The number of aliphatic carboxylic acids is 1. The fourth-order valence-electron chi connectivity index (χ4n) is 3.39. The fraction of sp³-hybridized carbons (Fsp3) is 0.389. The van der Waals surface area contributed by atoms with Gasteiger partial charge >= 0.3 is 5.97 Å². The highest BCUT2D eigenvalue weighted by Crippen LogP contribution is 2.34. The SMILES string of the molecule is CC1(NC(=O)c2ccc3ccccc3n2)CCCCC1C(=O)O. The van der Waals surface area contributed by atoms with Gasteiger partial charge in [-0.05, 0) is 31.9 Å². The summed E-state index contributed by atoms with van der Waals surface area (Å²) in [6, 6.07) is 11.1. The second kappa shape index (κ2) is 5.99. The number of benzene rings is 1. The molecular formula is C18H20N2O3. The Morgan fingerprint density at radius 2 is 2.00 bits per heavy atom. The maximum absolute atomic E-state index is 12.6. The number of carbonyl (C=O) groups is 2. The van der Waals surface area contributed by atoms with E-state index in [2.05, 4.69) is 10.3 Å². The van der Waals surface area contributed by atoms with E-state index in [4.69, 9.17) is 0 Å². The minimum atomic E-state index is -0.848. The number of nitrogens with zero attached hydrogens (tertiary/aromatic N) is 1. The van der Waals surface area contributed by atoms with E-state index in [0.717, 1.165) is 23.7 Å². The van der Waals surface area contributed by atoms with Crippen LogP contribution in [0.25, 0.3) is 10.9 Å². The minimum Gasteiger partial charge on any atom is -0.481 e. The Hall–Kier alpha value is -2.43. The van der Waals surface area contributed by atoms with E-state index >= 15 is 0 Å². The van der Waals surface area contributed by atoms with E-state index in [9.17, 15) is 14.7 Å². The summed E-state index contributed by atoms with van der Waals surface area (Å²) in [5.41, 5.74) is 0.345. The van der Waals surface area contributed by atoms with Crippen LogP contribution in [0.4, 0.5) is 0 Å². The normalized spacial score (nSPS) is 24.3. The van der Waals surface area contributed by atoms with Crippen molar-refractivity contribution >= 4 is 22.8 Å². The van der Waals surface area contributed by atoms with Gasteiger partial charge in [0, 0.05) is 5.39 Å². The van der Waals surface area contributed by atoms with Gasteiger partial charge in [0.25, 0.3) is 5.91 Å². The Balaban J connectivity index is 1.85. The van der Waals surface area contributed by atoms with Gasteiger partial charge in [0.15, 0.2) is 0 Å². The average Bonchev–Trinajstić information content (AvgIpc) is 2.54. The molecule has 2 aromatic rings. The summed E-state index contributed by atoms with van der Waals surface area (Å²) in [5, 5.41) is 13.3. The van der Waals surface area contributed by atoms with Gasteiger partial charge in [-0.15, -0.1) is 0 Å². The molecule has 0 spiro atoms. The Labute approximate surface area is 134 Å². The smallest absolute Gasteiger partial charge is 0.308 e. The third-order valence-electron chi connectivity index (χ3n) is 4.74. The van der Waals surface area contributed by atoms with Crippen LogP contribution in [0, 0.1) is 5.92 Å². The highest BCUT2D eigenvalue weighted by molar-refractivity contribution is 5.95. The predicted molar refractivity (Wildman–Crippen MR) is 87.2 cm³/mol. The molecule has 1 fully saturated rings. The number of fused-ring (bicyclic) bond motifs is 1. The molecular weight excluding hydrogens is 292 g/mol. The van der Waals surface area contributed by atoms with Crippen molar-refractivity contribution in [3.63, 3.8) is 0 Å². The maximum atomic E-state index is 12.6. The Morgan fingerprint density at radius 1 is 1.22 bits per heavy atom. The summed E-state index contributed by atoms with van der Waals surface area (Å²) in [4.78, 5) is 28.4. The van der Waals surface area contributed by atoms with Crippen LogP contribution >= 0.6 is 0 Å². The molecule has 1 aromatic carbocycles. The van der Waals surface area contributed by atoms with Crippen molar-refractivity contribution in [2.24, 2.45) is 5.92 Å². The number of nitrogens with one attached hydrogen (secondary N) is 1. The molecule has 3 rings (SSSR count). The minimum absolute atomic E-state index is 0.314. The summed E-state index contributed by atoms with van der Waals surface area (Å²) >= 11 is 0. The topological polar surface area (TPSA) is 79.3 Å². The lowest BCUT2D eigenvalue weighted by molar-refractivity contribution is -0.145. The molecule has 1 heterocycles. The van der Waals surface area contributed by atoms with E-state index in [0.29, 0.717) is 18.5 Å². The number of hydrogen-bond donors (Lipinski definition) is 2. The monoisotopic (exact) mass is 312 g/mol. The van der Waals surface area contributed by atoms with Crippen molar-refractivity contribution < 1.29 is 14.7 Å². The highest BCUT2D eigenvalue weighted by Gasteiger charge is 2.42. The van der Waals surface area contributed by atoms with Gasteiger partial charge in [0.1, 0.15) is 5.69 Å². The van der Waals surface area contributed by atoms with Gasteiger partial charge < -0.3 is 10.4 Å². The summed E-state index contributed by atoms with van der Waals surface area (Å²) in [6.45, 7) is 1.82. The molecule has 5 nitrogen and oxygen atoms in total. The zero-order valence-corrected chi connectivity index (χ0v) is 13.1. The van der Waals surface area contributed by atoms with Crippen LogP contribution < -0.4 is 5.32 Å². The van der Waals surface area contributed by atoms with Crippen LogP contribution in [-0.2, 0) is 4.79 Å². The van der Waals surface area contributed by atoms with Crippen molar-refractivity contribution in [1.29, 1.82) is 0 Å². The number of hydrogen-bond acceptors (Lipinski definition) is 3. The van der Waals surface area contributed by atoms with Crippen molar-refractivity contribution in [3.8, 4) is 0 Å². The summed E-state index contributed by atoms with van der Waals surface area (Å²) in [5.74, 6) is -1.72. The second-order valence-corrected chi connectivity index (χ2v) is 6.40. The van der Waals surface area contributed by atoms with Crippen molar-refractivity contribution in [1.82, 2.24) is 10.3 Å². The third kappa shape index (κ3) is 3.04. The molecule has 1 amide bonds. The van der Waals surface area contributed by atoms with Gasteiger partial charge in [0.2, 0.25) is 0 Å². The van der Waals surface area contributed by atoms with Crippen LogP contribution in [0.5, 0.6) is 0 Å². The molecule has 5 heteroatoms. The summed E-state index contributed by atoms with van der Waals surface area (Å²) < 4.78 is 0. The van der Waals surface area contributed by atoms with E-state index in [1.165, 1.54) is 0 Å². The first kappa shape index (κ1) is 15.5. The lowest BCUT2D eigenvalue weighted by atomic mass is 9.74. The van der Waals surface area contributed by atoms with Crippen LogP contribution in [0.2, 0.25) is 0 Å². The van der Waals surface area contributed by atoms with Gasteiger partial charge in [-0.25, -0.2) is 4.98 Å². The second-order valence-electron chi connectivity index (χ2n) is 6.40. The van der Waals surface area contributed by atoms with Gasteiger partial charge in [-0.1, -0.05) is 37.1 Å². The molecule has 1 aliphatic rings. The first-order valence-corrected chi connectivity index (χ1v) is 7.91. The van der Waals surface area contributed by atoms with E-state index in [1.807, 2.05) is 37.3 Å². The zero-order chi connectivity index (χ0) is 16.4. The quantitative estimate of drug-likeness (QED) is 0.913. The fourth-order valence-corrected chi connectivity index (χ4v) is 3.39. The molecule has 2 atom stereocenters. The van der Waals surface area contributed by atoms with Crippen LogP contribution in [0.1, 0.15) is 43.1 Å². The maximum Gasteiger partial charge on any atom is 0.308 e.